The van der Waals surface area contributed by atoms with Gasteiger partial charge < -0.3 is 10.2 Å². The monoisotopic (exact) mass is 328 g/mol. The molecular weight excluding hydrogens is 307 g/mol. The average Bonchev–Trinajstić information content (AvgIpc) is 2.61. The van der Waals surface area contributed by atoms with Crippen LogP contribution in [0.5, 0.6) is 0 Å². The molecule has 3 rings (SSSR count). The van der Waals surface area contributed by atoms with Gasteiger partial charge in [0.05, 0.1) is 5.56 Å². The van der Waals surface area contributed by atoms with Crippen molar-refractivity contribution in [3.05, 3.63) is 53.6 Å². The topological polar surface area (TPSA) is 58.1 Å². The predicted octanol–water partition coefficient (Wildman–Crippen LogP) is 2.78. The van der Waals surface area contributed by atoms with E-state index in [0.29, 0.717) is 24.0 Å². The number of piperidine rings is 1. The van der Waals surface area contributed by atoms with Crippen LogP contribution in [0.4, 0.5) is 10.3 Å². The second kappa shape index (κ2) is 7.38. The molecule has 1 fully saturated rings. The lowest BCUT2D eigenvalue weighted by molar-refractivity contribution is 0.0950. The minimum Gasteiger partial charge on any atom is -0.348 e. The molecule has 1 aromatic carbocycles. The molecule has 0 bridgehead atoms. The van der Waals surface area contributed by atoms with Gasteiger partial charge >= 0.3 is 0 Å². The summed E-state index contributed by atoms with van der Waals surface area (Å²) in [6.45, 7) is 4.48. The van der Waals surface area contributed by atoms with Crippen LogP contribution < -0.4 is 10.2 Å². The molecule has 1 saturated heterocycles. The van der Waals surface area contributed by atoms with Crippen LogP contribution in [0.1, 0.15) is 35.7 Å². The minimum atomic E-state index is -0.291. The van der Waals surface area contributed by atoms with Gasteiger partial charge in [-0.25, -0.2) is 14.4 Å². The average molecular weight is 328 g/mol. The molecule has 0 aliphatic carbocycles. The van der Waals surface area contributed by atoms with Crippen LogP contribution in [-0.2, 0) is 6.54 Å². The Labute approximate surface area is 140 Å². The second-order valence-electron chi connectivity index (χ2n) is 6.27. The Morgan fingerprint density at radius 1 is 1.29 bits per heavy atom. The molecule has 126 valence electrons. The summed E-state index contributed by atoms with van der Waals surface area (Å²) in [5.41, 5.74) is 1.26. The normalized spacial score (nSPS) is 17.6. The molecule has 1 aliphatic rings. The van der Waals surface area contributed by atoms with Crippen LogP contribution in [0.15, 0.2) is 36.7 Å². The smallest absolute Gasteiger partial charge is 0.254 e. The summed E-state index contributed by atoms with van der Waals surface area (Å²) in [4.78, 5) is 23.0. The lowest BCUT2D eigenvalue weighted by Crippen LogP contribution is -2.35. The summed E-state index contributed by atoms with van der Waals surface area (Å²) < 4.78 is 12.9. The van der Waals surface area contributed by atoms with Crippen molar-refractivity contribution in [3.8, 4) is 0 Å². The quantitative estimate of drug-likeness (QED) is 0.937. The van der Waals surface area contributed by atoms with E-state index >= 15 is 0 Å². The van der Waals surface area contributed by atoms with Crippen molar-refractivity contribution in [2.24, 2.45) is 5.92 Å². The first-order chi connectivity index (χ1) is 11.6. The molecule has 1 unspecified atom stereocenters. The molecule has 0 saturated carbocycles. The highest BCUT2D eigenvalue weighted by Gasteiger charge is 2.18. The van der Waals surface area contributed by atoms with E-state index in [1.54, 1.807) is 24.5 Å². The maximum Gasteiger partial charge on any atom is 0.254 e. The van der Waals surface area contributed by atoms with Crippen LogP contribution in [0, 0.1) is 11.7 Å². The molecule has 5 nitrogen and oxygen atoms in total. The molecule has 24 heavy (non-hydrogen) atoms. The van der Waals surface area contributed by atoms with Crippen LogP contribution in [0.25, 0.3) is 0 Å². The van der Waals surface area contributed by atoms with Gasteiger partial charge in [0.15, 0.2) is 0 Å². The Morgan fingerprint density at radius 3 is 2.67 bits per heavy atom. The zero-order valence-electron chi connectivity index (χ0n) is 13.7. The summed E-state index contributed by atoms with van der Waals surface area (Å²) in [6, 6.07) is 6.04. The summed E-state index contributed by atoms with van der Waals surface area (Å²) in [5, 5.41) is 2.79. The lowest BCUT2D eigenvalue weighted by Gasteiger charge is -2.30. The maximum atomic E-state index is 12.9. The molecule has 2 aromatic rings. The van der Waals surface area contributed by atoms with Crippen molar-refractivity contribution in [1.82, 2.24) is 15.3 Å². The first kappa shape index (κ1) is 16.4. The molecule has 6 heteroatoms. The van der Waals surface area contributed by atoms with Gasteiger partial charge in [-0.1, -0.05) is 19.1 Å². The van der Waals surface area contributed by atoms with Crippen LogP contribution in [0.2, 0.25) is 0 Å². The van der Waals surface area contributed by atoms with E-state index in [1.165, 1.54) is 18.6 Å². The van der Waals surface area contributed by atoms with Crippen molar-refractivity contribution < 1.29 is 9.18 Å². The van der Waals surface area contributed by atoms with Crippen LogP contribution in [-0.4, -0.2) is 29.0 Å². The van der Waals surface area contributed by atoms with E-state index in [1.807, 2.05) is 0 Å². The van der Waals surface area contributed by atoms with E-state index in [4.69, 9.17) is 0 Å². The number of amides is 1. The summed E-state index contributed by atoms with van der Waals surface area (Å²) in [6.07, 6.45) is 5.49. The van der Waals surface area contributed by atoms with E-state index in [9.17, 15) is 9.18 Å². The zero-order chi connectivity index (χ0) is 16.9. The first-order valence-electron chi connectivity index (χ1n) is 8.21. The molecular formula is C18H21FN4O. The van der Waals surface area contributed by atoms with Crippen molar-refractivity contribution >= 4 is 11.9 Å². The molecule has 1 atom stereocenters. The standard InChI is InChI=1S/C18H21FN4O/c1-13-3-2-8-23(12-13)18-21-10-15(11-22-18)17(24)20-9-14-4-6-16(19)7-5-14/h4-7,10-11,13H,2-3,8-9,12H2,1H3,(H,20,24). The molecule has 1 amide bonds. The van der Waals surface area contributed by atoms with Gasteiger partial charge in [-0.15, -0.1) is 0 Å². The van der Waals surface area contributed by atoms with E-state index in [-0.39, 0.29) is 11.7 Å². The number of carbonyl (C=O) groups excluding carboxylic acids is 1. The van der Waals surface area contributed by atoms with Gasteiger partial charge in [-0.3, -0.25) is 4.79 Å². The van der Waals surface area contributed by atoms with Crippen molar-refractivity contribution in [2.75, 3.05) is 18.0 Å². The number of nitrogens with zero attached hydrogens (tertiary/aromatic N) is 3. The molecule has 1 aromatic heterocycles. The molecule has 2 heterocycles. The predicted molar refractivity (Wildman–Crippen MR) is 90.2 cm³/mol. The van der Waals surface area contributed by atoms with Gasteiger partial charge in [0, 0.05) is 32.0 Å². The SMILES string of the molecule is CC1CCCN(c2ncc(C(=O)NCc3ccc(F)cc3)cn2)C1. The van der Waals surface area contributed by atoms with Gasteiger partial charge in [-0.2, -0.15) is 0 Å². The number of benzene rings is 1. The largest absolute Gasteiger partial charge is 0.348 e. The molecule has 1 N–H and O–H groups in total. The molecule has 0 radical (unpaired) electrons. The number of halogens is 1. The van der Waals surface area contributed by atoms with Gasteiger partial charge in [0.1, 0.15) is 5.82 Å². The van der Waals surface area contributed by atoms with Crippen molar-refractivity contribution in [1.29, 1.82) is 0 Å². The fraction of sp³-hybridized carbons (Fsp3) is 0.389. The number of hydrogen-bond donors (Lipinski definition) is 1. The summed E-state index contributed by atoms with van der Waals surface area (Å²) in [5.74, 6) is 0.789. The first-order valence-corrected chi connectivity index (χ1v) is 8.21. The third-order valence-electron chi connectivity index (χ3n) is 4.21. The van der Waals surface area contributed by atoms with Crippen LogP contribution in [0.3, 0.4) is 0 Å². The molecule has 0 spiro atoms. The maximum absolute atomic E-state index is 12.9. The summed E-state index contributed by atoms with van der Waals surface area (Å²) >= 11 is 0. The second-order valence-corrected chi connectivity index (χ2v) is 6.27. The highest BCUT2D eigenvalue weighted by atomic mass is 19.1. The Bertz CT molecular complexity index is 687. The minimum absolute atomic E-state index is 0.238. The van der Waals surface area contributed by atoms with Crippen LogP contribution >= 0.6 is 0 Å². The number of rotatable bonds is 4. The lowest BCUT2D eigenvalue weighted by atomic mass is 10.0. The van der Waals surface area contributed by atoms with E-state index in [0.717, 1.165) is 25.1 Å². The third kappa shape index (κ3) is 4.07. The highest BCUT2D eigenvalue weighted by molar-refractivity contribution is 5.93. The number of carbonyl (C=O) groups is 1. The zero-order valence-corrected chi connectivity index (χ0v) is 13.7. The highest BCUT2D eigenvalue weighted by Crippen LogP contribution is 2.19. The number of aromatic nitrogens is 2. The Morgan fingerprint density at radius 2 is 2.00 bits per heavy atom. The third-order valence-corrected chi connectivity index (χ3v) is 4.21. The fourth-order valence-corrected chi connectivity index (χ4v) is 2.86. The number of hydrogen-bond acceptors (Lipinski definition) is 4. The number of nitrogens with one attached hydrogen (secondary N) is 1. The Hall–Kier alpha value is -2.50. The van der Waals surface area contributed by atoms with E-state index < -0.39 is 0 Å². The molecule has 1 aliphatic heterocycles. The van der Waals surface area contributed by atoms with Gasteiger partial charge in [0.2, 0.25) is 5.95 Å². The Balaban J connectivity index is 1.58. The van der Waals surface area contributed by atoms with E-state index in [2.05, 4.69) is 27.1 Å². The Kier molecular flexibility index (Phi) is 5.03. The van der Waals surface area contributed by atoms with Crippen molar-refractivity contribution in [2.45, 2.75) is 26.3 Å². The number of anilines is 1. The van der Waals surface area contributed by atoms with Gasteiger partial charge in [-0.05, 0) is 36.5 Å². The van der Waals surface area contributed by atoms with Gasteiger partial charge in [0.25, 0.3) is 5.91 Å². The van der Waals surface area contributed by atoms with Crippen molar-refractivity contribution in [3.63, 3.8) is 0 Å². The fourth-order valence-electron chi connectivity index (χ4n) is 2.86. The summed E-state index contributed by atoms with van der Waals surface area (Å²) in [7, 11) is 0.